The highest BCUT2D eigenvalue weighted by Crippen LogP contribution is 2.47. The largest absolute Gasteiger partial charge is 0.472 e. The maximum atomic E-state index is 12.8. The average molecular weight is 929 g/mol. The van der Waals surface area contributed by atoms with E-state index in [1.807, 2.05) is 12.2 Å². The highest BCUT2D eigenvalue weighted by molar-refractivity contribution is 7.47. The topological polar surface area (TPSA) is 230 Å². The lowest BCUT2D eigenvalue weighted by atomic mass is 9.85. The summed E-state index contributed by atoms with van der Waals surface area (Å²) in [5.74, 6) is -1.19. The molecular weight excluding hydrogens is 843 g/mol. The van der Waals surface area contributed by atoms with Crippen LogP contribution < -0.4 is 0 Å². The molecule has 0 bridgehead atoms. The first kappa shape index (κ1) is 59.5. The first-order valence-electron chi connectivity index (χ1n) is 24.2. The van der Waals surface area contributed by atoms with E-state index in [0.717, 1.165) is 96.3 Å². The van der Waals surface area contributed by atoms with E-state index in [1.54, 1.807) is 0 Å². The molecule has 0 aromatic carbocycles. The molecule has 1 aliphatic carbocycles. The van der Waals surface area contributed by atoms with Gasteiger partial charge in [-0.25, -0.2) is 4.57 Å². The number of esters is 2. The van der Waals surface area contributed by atoms with E-state index >= 15 is 0 Å². The number of carbonyl (C=O) groups is 2. The Balaban J connectivity index is 2.48. The van der Waals surface area contributed by atoms with Crippen LogP contribution in [0.4, 0.5) is 0 Å². The van der Waals surface area contributed by atoms with Gasteiger partial charge < -0.3 is 45.0 Å². The van der Waals surface area contributed by atoms with Gasteiger partial charge in [0.25, 0.3) is 0 Å². The van der Waals surface area contributed by atoms with E-state index in [9.17, 15) is 44.6 Å². The van der Waals surface area contributed by atoms with Crippen molar-refractivity contribution in [1.29, 1.82) is 0 Å². The number of phosphoric ester groups is 1. The molecule has 0 radical (unpaired) electrons. The molecule has 0 aromatic rings. The molecule has 3 unspecified atom stereocenters. The molecule has 64 heavy (non-hydrogen) atoms. The summed E-state index contributed by atoms with van der Waals surface area (Å²) >= 11 is 0. The van der Waals surface area contributed by atoms with Crippen LogP contribution in [0.3, 0.4) is 0 Å². The van der Waals surface area contributed by atoms with Crippen LogP contribution in [0, 0.1) is 0 Å². The lowest BCUT2D eigenvalue weighted by molar-refractivity contribution is -0.220. The second kappa shape index (κ2) is 39.7. The van der Waals surface area contributed by atoms with Gasteiger partial charge >= 0.3 is 19.8 Å². The summed E-state index contributed by atoms with van der Waals surface area (Å²) in [6.45, 7) is 1.25. The number of aliphatic hydroxyl groups excluding tert-OH is 6. The minimum absolute atomic E-state index is 0.0727. The van der Waals surface area contributed by atoms with Crippen molar-refractivity contribution < 1.29 is 68.2 Å². The maximum absolute atomic E-state index is 12.8. The number of hydrogen-bond donors (Lipinski definition) is 7. The smallest absolute Gasteiger partial charge is 0.462 e. The van der Waals surface area contributed by atoms with Crippen molar-refractivity contribution in [2.24, 2.45) is 0 Å². The molecule has 0 heterocycles. The van der Waals surface area contributed by atoms with Crippen molar-refractivity contribution in [3.05, 3.63) is 60.8 Å². The van der Waals surface area contributed by atoms with Crippen LogP contribution in [0.1, 0.15) is 174 Å². The van der Waals surface area contributed by atoms with Gasteiger partial charge in [0.15, 0.2) is 6.10 Å². The molecule has 7 N–H and O–H groups in total. The number of allylic oxidation sites excluding steroid dienone is 10. The first-order chi connectivity index (χ1) is 30.9. The molecule has 0 aliphatic heterocycles. The van der Waals surface area contributed by atoms with Gasteiger partial charge in [-0.2, -0.15) is 0 Å². The fourth-order valence-corrected chi connectivity index (χ4v) is 7.93. The van der Waals surface area contributed by atoms with E-state index in [4.69, 9.17) is 23.6 Å². The van der Waals surface area contributed by atoms with E-state index in [-0.39, 0.29) is 19.4 Å². The summed E-state index contributed by atoms with van der Waals surface area (Å²) in [5, 5.41) is 59.0. The quantitative estimate of drug-likeness (QED) is 0.0132. The van der Waals surface area contributed by atoms with E-state index < -0.39 is 75.7 Å². The second-order valence-electron chi connectivity index (χ2n) is 16.7. The van der Waals surface area contributed by atoms with Crippen molar-refractivity contribution in [1.82, 2.24) is 0 Å². The molecule has 1 fully saturated rings. The first-order valence-corrected chi connectivity index (χ1v) is 25.7. The molecule has 1 rings (SSSR count). The van der Waals surface area contributed by atoms with Crippen LogP contribution in [0.5, 0.6) is 0 Å². The van der Waals surface area contributed by atoms with Gasteiger partial charge in [-0.15, -0.1) is 0 Å². The predicted molar refractivity (Wildman–Crippen MR) is 250 cm³/mol. The maximum Gasteiger partial charge on any atom is 0.472 e. The van der Waals surface area contributed by atoms with Crippen LogP contribution in [0.25, 0.3) is 0 Å². The molecule has 0 spiro atoms. The molecule has 0 saturated heterocycles. The van der Waals surface area contributed by atoms with Gasteiger partial charge in [-0.1, -0.05) is 138 Å². The van der Waals surface area contributed by atoms with Crippen molar-refractivity contribution in [2.75, 3.05) is 19.8 Å². The number of ether oxygens (including phenoxy) is 2. The summed E-state index contributed by atoms with van der Waals surface area (Å²) in [5.41, 5.74) is 0. The van der Waals surface area contributed by atoms with Crippen LogP contribution in [-0.2, 0) is 32.7 Å². The lowest BCUT2D eigenvalue weighted by Gasteiger charge is -2.41. The Hall–Kier alpha value is -2.49. The predicted octanol–water partition coefficient (Wildman–Crippen LogP) is 8.70. The third-order valence-corrected chi connectivity index (χ3v) is 11.9. The highest BCUT2D eigenvalue weighted by atomic mass is 31.2. The fraction of sp³-hybridized carbons (Fsp3) is 0.755. The van der Waals surface area contributed by atoms with Crippen LogP contribution in [-0.4, -0.2) is 110 Å². The molecule has 1 aliphatic rings. The summed E-state index contributed by atoms with van der Waals surface area (Å²) in [6, 6.07) is 0. The Bertz CT molecular complexity index is 1350. The number of hydrogen-bond acceptors (Lipinski definition) is 13. The molecule has 15 heteroatoms. The Labute approximate surface area is 384 Å². The molecule has 0 aromatic heterocycles. The highest BCUT2D eigenvalue weighted by Gasteiger charge is 2.51. The lowest BCUT2D eigenvalue weighted by Crippen LogP contribution is -2.64. The molecule has 8 atom stereocenters. The Morgan fingerprint density at radius 1 is 0.516 bits per heavy atom. The standard InChI is InChI=1S/C49H85O14P/c1-2-3-4-5-6-7-8-9-10-12-16-19-22-25-28-31-34-37-43(52)62-41(40-61-64(58,59)63-49-47(56)45(54)44(53)46(55)48(49)57)39-60-42(51)36-33-30-27-24-21-18-15-13-11-14-17-20-23-26-29-32-35-38-50/h9-11,14-15,18,20,23-24,27,41,44-50,53-57H,2-8,12-13,16-17,19,21-22,25-26,28-40H2,1H3,(H,58,59)/b10-9-,14-11-,18-15-,23-20-,27-24-/t41-,44?,45-,46+,47-,48-,49?/m1/s1. The van der Waals surface area contributed by atoms with Crippen molar-refractivity contribution in [3.8, 4) is 0 Å². The Morgan fingerprint density at radius 3 is 1.44 bits per heavy atom. The molecule has 1 saturated carbocycles. The molecule has 0 amide bonds. The number of aliphatic hydroxyl groups is 6. The normalized spacial score (nSPS) is 22.1. The summed E-state index contributed by atoms with van der Waals surface area (Å²) < 4.78 is 33.5. The van der Waals surface area contributed by atoms with Crippen molar-refractivity contribution >= 4 is 19.8 Å². The van der Waals surface area contributed by atoms with Gasteiger partial charge in [-0.05, 0) is 83.5 Å². The monoisotopic (exact) mass is 929 g/mol. The van der Waals surface area contributed by atoms with E-state index in [0.29, 0.717) is 19.3 Å². The summed E-state index contributed by atoms with van der Waals surface area (Å²) in [7, 11) is -5.14. The Morgan fingerprint density at radius 2 is 0.922 bits per heavy atom. The number of carbonyl (C=O) groups excluding carboxylic acids is 2. The van der Waals surface area contributed by atoms with E-state index in [2.05, 4.69) is 55.5 Å². The molecular formula is C49H85O14P. The Kier molecular flexibility index (Phi) is 36.9. The zero-order valence-electron chi connectivity index (χ0n) is 38.8. The van der Waals surface area contributed by atoms with Gasteiger partial charge in [0.1, 0.15) is 43.2 Å². The SMILES string of the molecule is CCCCCCCC/C=C\CCCCCCCCCC(=O)O[C@H](COC(=O)CCC/C=C\C/C=C\C/C=C\C/C=C\CCCCCO)COP(=O)(O)OC1[C@H](O)[C@H](O)C(O)[C@H](O)[C@H]1O. The van der Waals surface area contributed by atoms with Gasteiger partial charge in [0.2, 0.25) is 0 Å². The van der Waals surface area contributed by atoms with Crippen molar-refractivity contribution in [2.45, 2.75) is 217 Å². The number of unbranched alkanes of at least 4 members (excludes halogenated alkanes) is 17. The van der Waals surface area contributed by atoms with Crippen molar-refractivity contribution in [3.63, 3.8) is 0 Å². The molecule has 14 nitrogen and oxygen atoms in total. The minimum Gasteiger partial charge on any atom is -0.462 e. The summed E-state index contributed by atoms with van der Waals surface area (Å²) in [6.07, 6.45) is 32.8. The van der Waals surface area contributed by atoms with Crippen LogP contribution in [0.15, 0.2) is 60.8 Å². The number of phosphoric acid groups is 1. The third-order valence-electron chi connectivity index (χ3n) is 10.9. The van der Waals surface area contributed by atoms with Crippen LogP contribution in [0.2, 0.25) is 0 Å². The average Bonchev–Trinajstić information content (AvgIpc) is 3.28. The zero-order valence-corrected chi connectivity index (χ0v) is 39.7. The van der Waals surface area contributed by atoms with Gasteiger partial charge in [-0.3, -0.25) is 18.6 Å². The van der Waals surface area contributed by atoms with Gasteiger partial charge in [0.05, 0.1) is 6.61 Å². The second-order valence-corrected chi connectivity index (χ2v) is 18.1. The minimum atomic E-state index is -5.14. The van der Waals surface area contributed by atoms with Gasteiger partial charge in [0, 0.05) is 19.4 Å². The number of rotatable bonds is 40. The summed E-state index contributed by atoms with van der Waals surface area (Å²) in [4.78, 5) is 35.7. The third kappa shape index (κ3) is 31.4. The molecule has 370 valence electrons. The van der Waals surface area contributed by atoms with E-state index in [1.165, 1.54) is 38.5 Å². The van der Waals surface area contributed by atoms with Crippen LogP contribution >= 0.6 is 7.82 Å². The fourth-order valence-electron chi connectivity index (χ4n) is 6.96. The zero-order chi connectivity index (χ0) is 47.1.